The first-order chi connectivity index (χ1) is 32.3. The molecule has 3 fully saturated rings. The zero-order valence-corrected chi connectivity index (χ0v) is 41.8. The first-order valence-corrected chi connectivity index (χ1v) is 24.3. The van der Waals surface area contributed by atoms with Crippen molar-refractivity contribution < 1.29 is 52.7 Å². The van der Waals surface area contributed by atoms with Gasteiger partial charge in [-0.2, -0.15) is 0 Å². The normalized spacial score (nSPS) is 34.0. The molecule has 3 saturated heterocycles. The average Bonchev–Trinajstić information content (AvgIpc) is 3.91. The highest BCUT2D eigenvalue weighted by Crippen LogP contribution is 2.44. The van der Waals surface area contributed by atoms with Crippen LogP contribution in [0.2, 0.25) is 0 Å². The van der Waals surface area contributed by atoms with E-state index in [9.17, 15) is 19.5 Å². The van der Waals surface area contributed by atoms with Crippen molar-refractivity contribution in [3.8, 4) is 11.3 Å². The van der Waals surface area contributed by atoms with Gasteiger partial charge >= 0.3 is 18.0 Å². The van der Waals surface area contributed by atoms with Crippen molar-refractivity contribution in [3.63, 3.8) is 0 Å². The molecular formula is C51H74N6O11. The van der Waals surface area contributed by atoms with Crippen LogP contribution in [0.1, 0.15) is 100.0 Å². The third-order valence-electron chi connectivity index (χ3n) is 14.7. The summed E-state index contributed by atoms with van der Waals surface area (Å²) in [7, 11) is 3.46. The maximum absolute atomic E-state index is 15.1. The van der Waals surface area contributed by atoms with Gasteiger partial charge in [-0.3, -0.25) is 24.4 Å². The first-order valence-electron chi connectivity index (χ1n) is 24.3. The van der Waals surface area contributed by atoms with Gasteiger partial charge in [-0.25, -0.2) is 9.78 Å². The highest BCUT2D eigenvalue weighted by molar-refractivity contribution is 5.85. The van der Waals surface area contributed by atoms with Gasteiger partial charge in [0.2, 0.25) is 0 Å². The van der Waals surface area contributed by atoms with Crippen LogP contribution >= 0.6 is 0 Å². The molecular weight excluding hydrogens is 873 g/mol. The minimum absolute atomic E-state index is 0.120. The summed E-state index contributed by atoms with van der Waals surface area (Å²) in [5.41, 5.74) is -0.404. The van der Waals surface area contributed by atoms with Crippen molar-refractivity contribution in [1.29, 1.82) is 0 Å². The summed E-state index contributed by atoms with van der Waals surface area (Å²) in [6.07, 6.45) is 6.18. The number of hydrogen-bond donors (Lipinski definition) is 1. The second-order valence-electron chi connectivity index (χ2n) is 19.7. The SMILES string of the molecule is CC[C@H]1OC(=O)[C@H](C)[C@@H](OC(=O)Cc2cccnc2)[C@H](C)[C@@H](O[C@H]2O[C@@H](C)C[C@@H](N(C)CC)[C@@H]2O)[C@](C)(OC)C[C@@H](C)C(=O)[C@H](C)[C@H]2N(CCCCn3cnc(-c4cccnc4)c3)C(=O)O[C@]12C. The fourth-order valence-electron chi connectivity index (χ4n) is 10.8. The molecule has 0 spiro atoms. The van der Waals surface area contributed by atoms with E-state index in [4.69, 9.17) is 28.4 Å². The van der Waals surface area contributed by atoms with Gasteiger partial charge in [0, 0.05) is 80.5 Å². The van der Waals surface area contributed by atoms with E-state index in [0.29, 0.717) is 37.9 Å². The number of nitrogens with zero attached hydrogens (tertiary/aromatic N) is 6. The second-order valence-corrected chi connectivity index (χ2v) is 19.7. The quantitative estimate of drug-likeness (QED) is 0.101. The lowest BCUT2D eigenvalue weighted by molar-refractivity contribution is -0.302. The number of aryl methyl sites for hydroxylation is 1. The van der Waals surface area contributed by atoms with E-state index in [1.807, 2.05) is 76.4 Å². The molecule has 14 atom stereocenters. The third kappa shape index (κ3) is 11.6. The van der Waals surface area contributed by atoms with Crippen LogP contribution < -0.4 is 0 Å². The van der Waals surface area contributed by atoms with Crippen LogP contribution in [-0.2, 0) is 55.8 Å². The number of ether oxygens (including phenoxy) is 6. The van der Waals surface area contributed by atoms with Crippen molar-refractivity contribution in [3.05, 3.63) is 67.1 Å². The number of amides is 1. The van der Waals surface area contributed by atoms with E-state index in [2.05, 4.69) is 15.0 Å². The fourth-order valence-corrected chi connectivity index (χ4v) is 10.8. The Labute approximate surface area is 401 Å². The Balaban J connectivity index is 1.35. The number of likely N-dealkylation sites (N-methyl/N-ethyl adjacent to an activating group) is 1. The Morgan fingerprint density at radius 2 is 1.69 bits per heavy atom. The van der Waals surface area contributed by atoms with E-state index < -0.39 is 89.7 Å². The number of esters is 2. The maximum atomic E-state index is 15.1. The molecule has 0 saturated carbocycles. The minimum atomic E-state index is -1.44. The van der Waals surface area contributed by atoms with Crippen LogP contribution in [0.4, 0.5) is 4.79 Å². The van der Waals surface area contributed by atoms with Crippen molar-refractivity contribution in [1.82, 2.24) is 29.3 Å². The Bertz CT molecular complexity index is 2150. The molecule has 1 N–H and O–H groups in total. The minimum Gasteiger partial charge on any atom is -0.461 e. The molecule has 17 nitrogen and oxygen atoms in total. The van der Waals surface area contributed by atoms with Gasteiger partial charge in [0.05, 0.1) is 48.2 Å². The number of carbonyl (C=O) groups is 4. The molecule has 1 amide bonds. The topological polar surface area (TPSA) is 194 Å². The lowest BCUT2D eigenvalue weighted by Gasteiger charge is -2.48. The van der Waals surface area contributed by atoms with Crippen LogP contribution in [0.3, 0.4) is 0 Å². The average molecular weight is 947 g/mol. The van der Waals surface area contributed by atoms with Crippen molar-refractivity contribution in [2.75, 3.05) is 27.2 Å². The smallest absolute Gasteiger partial charge is 0.410 e. The zero-order valence-electron chi connectivity index (χ0n) is 41.8. The number of hydrogen-bond acceptors (Lipinski definition) is 15. The summed E-state index contributed by atoms with van der Waals surface area (Å²) < 4.78 is 40.7. The Hall–Kier alpha value is -4.81. The van der Waals surface area contributed by atoms with Gasteiger partial charge in [-0.05, 0) is 97.2 Å². The largest absolute Gasteiger partial charge is 0.461 e. The molecule has 0 aliphatic carbocycles. The van der Waals surface area contributed by atoms with Crippen LogP contribution in [0, 0.1) is 23.7 Å². The summed E-state index contributed by atoms with van der Waals surface area (Å²) in [5.74, 6) is -4.81. The molecule has 0 bridgehead atoms. The number of imidazole rings is 1. The van der Waals surface area contributed by atoms with Gasteiger partial charge in [-0.1, -0.05) is 40.7 Å². The molecule has 3 aliphatic heterocycles. The van der Waals surface area contributed by atoms with Crippen molar-refractivity contribution in [2.45, 2.75) is 167 Å². The number of aromatic nitrogens is 4. The molecule has 0 unspecified atom stereocenters. The van der Waals surface area contributed by atoms with Gasteiger partial charge in [0.15, 0.2) is 11.9 Å². The molecule has 3 aliphatic rings. The molecule has 3 aromatic rings. The number of Topliss-reactive ketones (excluding diaryl/α,β-unsaturated/α-hetero) is 1. The number of rotatable bonds is 15. The molecule has 0 radical (unpaired) electrons. The zero-order chi connectivity index (χ0) is 49.5. The van der Waals surface area contributed by atoms with Gasteiger partial charge in [0.1, 0.15) is 24.1 Å². The molecule has 17 heteroatoms. The Morgan fingerprint density at radius 3 is 2.34 bits per heavy atom. The number of aliphatic hydroxyl groups excluding tert-OH is 1. The Kier molecular flexibility index (Phi) is 17.6. The Morgan fingerprint density at radius 1 is 0.985 bits per heavy atom. The number of ketones is 1. The van der Waals surface area contributed by atoms with Crippen LogP contribution in [-0.4, -0.2) is 146 Å². The predicted molar refractivity (Wildman–Crippen MR) is 252 cm³/mol. The number of methoxy groups -OCH3 is 1. The number of pyridine rings is 2. The fraction of sp³-hybridized carbons (Fsp3) is 0.667. The van der Waals surface area contributed by atoms with E-state index in [1.165, 1.54) is 7.11 Å². The molecule has 6 rings (SSSR count). The van der Waals surface area contributed by atoms with Gasteiger partial charge < -0.3 is 47.9 Å². The highest BCUT2D eigenvalue weighted by Gasteiger charge is 2.60. The van der Waals surface area contributed by atoms with Crippen molar-refractivity contribution >= 4 is 23.8 Å². The first kappa shape index (κ1) is 52.6. The monoisotopic (exact) mass is 947 g/mol. The van der Waals surface area contributed by atoms with E-state index in [1.54, 1.807) is 68.9 Å². The summed E-state index contributed by atoms with van der Waals surface area (Å²) in [6.45, 7) is 18.0. The van der Waals surface area contributed by atoms with E-state index >= 15 is 4.79 Å². The summed E-state index contributed by atoms with van der Waals surface area (Å²) >= 11 is 0. The second kappa shape index (κ2) is 22.7. The molecule has 3 aromatic heterocycles. The van der Waals surface area contributed by atoms with E-state index in [-0.39, 0.29) is 43.7 Å². The van der Waals surface area contributed by atoms with E-state index in [0.717, 1.165) is 11.3 Å². The number of unbranched alkanes of at least 4 members (excludes halogenated alkanes) is 1. The molecule has 374 valence electrons. The lowest BCUT2D eigenvalue weighted by Crippen LogP contribution is -2.61. The number of aliphatic hydroxyl groups is 1. The molecule has 0 aromatic carbocycles. The van der Waals surface area contributed by atoms with Crippen molar-refractivity contribution in [2.24, 2.45) is 23.7 Å². The predicted octanol–water partition coefficient (Wildman–Crippen LogP) is 6.30. The van der Waals surface area contributed by atoms with Crippen LogP contribution in [0.5, 0.6) is 0 Å². The molecule has 68 heavy (non-hydrogen) atoms. The van der Waals surface area contributed by atoms with Crippen LogP contribution in [0.25, 0.3) is 11.3 Å². The van der Waals surface area contributed by atoms with Crippen LogP contribution in [0.15, 0.2) is 61.6 Å². The standard InChI is InChI=1S/C51H74N6O11/c1-12-40-51(9)45(57(49(62)68-51)23-15-14-22-56-29-38(54-30-56)37-19-17-21-53-28-37)33(5)42(59)31(3)26-50(8,63-11)46(67-48-43(60)39(55(10)13-2)24-32(4)64-48)34(6)44(35(7)47(61)65-40)66-41(58)25-36-18-16-20-52-27-36/h16-21,27-35,39-40,43-46,48,60H,12-15,22-26H2,1-11H3/t31-,32+,33+,34+,35-,39-,40-,43+,44+,45-,46-,48-,50-,51-/m1/s1. The maximum Gasteiger partial charge on any atom is 0.410 e. The lowest BCUT2D eigenvalue weighted by atomic mass is 9.73. The highest BCUT2D eigenvalue weighted by atomic mass is 16.7. The van der Waals surface area contributed by atoms with Gasteiger partial charge in [0.25, 0.3) is 0 Å². The summed E-state index contributed by atoms with van der Waals surface area (Å²) in [5, 5.41) is 11.9. The number of fused-ring (bicyclic) bond motifs is 1. The summed E-state index contributed by atoms with van der Waals surface area (Å²) in [4.78, 5) is 74.4. The summed E-state index contributed by atoms with van der Waals surface area (Å²) in [6, 6.07) is 6.18. The number of carbonyl (C=O) groups excluding carboxylic acids is 4. The number of cyclic esters (lactones) is 1. The molecule has 6 heterocycles. The third-order valence-corrected chi connectivity index (χ3v) is 14.7. The van der Waals surface area contributed by atoms with Gasteiger partial charge in [-0.15, -0.1) is 0 Å².